The zero-order chi connectivity index (χ0) is 10.0. The predicted octanol–water partition coefficient (Wildman–Crippen LogP) is 0.219. The van der Waals surface area contributed by atoms with Gasteiger partial charge >= 0.3 is 0 Å². The van der Waals surface area contributed by atoms with Crippen molar-refractivity contribution in [3.63, 3.8) is 0 Å². The van der Waals surface area contributed by atoms with Crippen LogP contribution in [0.5, 0.6) is 0 Å². The van der Waals surface area contributed by atoms with Gasteiger partial charge < -0.3 is 20.5 Å². The summed E-state index contributed by atoms with van der Waals surface area (Å²) < 4.78 is 11.7. The first-order valence-corrected chi connectivity index (χ1v) is 5.50. The molecule has 2 fully saturated rings. The lowest BCUT2D eigenvalue weighted by Crippen LogP contribution is -2.46. The van der Waals surface area contributed by atoms with Crippen molar-refractivity contribution < 1.29 is 9.47 Å². The maximum Gasteiger partial charge on any atom is 0.181 e. The first-order valence-electron chi connectivity index (χ1n) is 5.50. The van der Waals surface area contributed by atoms with Gasteiger partial charge in [0.25, 0.3) is 0 Å². The van der Waals surface area contributed by atoms with Crippen molar-refractivity contribution in [3.8, 4) is 0 Å². The van der Waals surface area contributed by atoms with E-state index in [9.17, 15) is 0 Å². The van der Waals surface area contributed by atoms with Gasteiger partial charge in [-0.15, -0.1) is 0 Å². The molecular formula is C10H20N2O2. The van der Waals surface area contributed by atoms with Crippen LogP contribution in [0.25, 0.3) is 0 Å². The molecule has 0 amide bonds. The first-order chi connectivity index (χ1) is 6.74. The van der Waals surface area contributed by atoms with Gasteiger partial charge in [-0.2, -0.15) is 0 Å². The Kier molecular flexibility index (Phi) is 3.07. The number of nitrogens with one attached hydrogen (secondary N) is 1. The van der Waals surface area contributed by atoms with Crippen LogP contribution >= 0.6 is 0 Å². The fourth-order valence-corrected chi connectivity index (χ4v) is 2.30. The molecule has 14 heavy (non-hydrogen) atoms. The molecule has 3 atom stereocenters. The number of hydrogen-bond donors (Lipinski definition) is 2. The number of rotatable bonds is 3. The van der Waals surface area contributed by atoms with E-state index in [1.807, 2.05) is 6.92 Å². The monoisotopic (exact) mass is 200 g/mol. The lowest BCUT2D eigenvalue weighted by molar-refractivity contribution is -0.172. The number of nitrogens with two attached hydrogens (primary N) is 1. The van der Waals surface area contributed by atoms with Crippen molar-refractivity contribution in [2.45, 2.75) is 44.1 Å². The van der Waals surface area contributed by atoms with Crippen molar-refractivity contribution in [2.75, 3.05) is 19.7 Å². The third-order valence-electron chi connectivity index (χ3n) is 3.14. The maximum absolute atomic E-state index is 5.91. The van der Waals surface area contributed by atoms with E-state index in [2.05, 4.69) is 5.32 Å². The van der Waals surface area contributed by atoms with Gasteiger partial charge in [0.15, 0.2) is 5.79 Å². The molecule has 3 N–H and O–H groups in total. The molecule has 2 heterocycles. The second kappa shape index (κ2) is 4.14. The topological polar surface area (TPSA) is 56.5 Å². The van der Waals surface area contributed by atoms with Gasteiger partial charge in [-0.25, -0.2) is 0 Å². The summed E-state index contributed by atoms with van der Waals surface area (Å²) in [5.41, 5.74) is 5.50. The van der Waals surface area contributed by atoms with Crippen LogP contribution in [0.3, 0.4) is 0 Å². The van der Waals surface area contributed by atoms with E-state index in [-0.39, 0.29) is 6.10 Å². The van der Waals surface area contributed by atoms with Gasteiger partial charge in [0.2, 0.25) is 0 Å². The summed E-state index contributed by atoms with van der Waals surface area (Å²) in [6.07, 6.45) is 3.44. The van der Waals surface area contributed by atoms with Crippen molar-refractivity contribution in [1.82, 2.24) is 5.32 Å². The van der Waals surface area contributed by atoms with E-state index in [1.165, 1.54) is 6.42 Å². The standard InChI is InChI=1S/C10H20N2O2/c1-10(9-3-2-6-12-9)13-7-8(14-10)4-5-11/h8-9,12H,2-7,11H2,1H3. The van der Waals surface area contributed by atoms with Crippen LogP contribution < -0.4 is 11.1 Å². The molecule has 0 bridgehead atoms. The molecule has 3 unspecified atom stereocenters. The zero-order valence-electron chi connectivity index (χ0n) is 8.79. The Bertz CT molecular complexity index is 195. The largest absolute Gasteiger partial charge is 0.346 e. The molecule has 82 valence electrons. The van der Waals surface area contributed by atoms with Gasteiger partial charge in [0.1, 0.15) is 0 Å². The SMILES string of the molecule is CC1(C2CCCN2)OCC(CCN)O1. The van der Waals surface area contributed by atoms with E-state index < -0.39 is 5.79 Å². The second-order valence-corrected chi connectivity index (χ2v) is 4.29. The first kappa shape index (κ1) is 10.4. The molecule has 0 aliphatic carbocycles. The van der Waals surface area contributed by atoms with Crippen molar-refractivity contribution in [3.05, 3.63) is 0 Å². The van der Waals surface area contributed by atoms with Gasteiger partial charge in [-0.1, -0.05) is 0 Å². The Balaban J connectivity index is 1.90. The van der Waals surface area contributed by atoms with Crippen molar-refractivity contribution >= 4 is 0 Å². The second-order valence-electron chi connectivity index (χ2n) is 4.29. The lowest BCUT2D eigenvalue weighted by atomic mass is 10.1. The fraction of sp³-hybridized carbons (Fsp3) is 1.00. The Morgan fingerprint density at radius 3 is 3.07 bits per heavy atom. The molecule has 0 aromatic carbocycles. The van der Waals surface area contributed by atoms with Crippen LogP contribution in [0, 0.1) is 0 Å². The minimum Gasteiger partial charge on any atom is -0.346 e. The fourth-order valence-electron chi connectivity index (χ4n) is 2.30. The third-order valence-corrected chi connectivity index (χ3v) is 3.14. The van der Waals surface area contributed by atoms with Crippen LogP contribution in [0.4, 0.5) is 0 Å². The maximum atomic E-state index is 5.91. The highest BCUT2D eigenvalue weighted by molar-refractivity contribution is 4.90. The van der Waals surface area contributed by atoms with E-state index in [1.54, 1.807) is 0 Å². The van der Waals surface area contributed by atoms with Crippen LogP contribution in [-0.4, -0.2) is 37.6 Å². The molecule has 0 spiro atoms. The third kappa shape index (κ3) is 1.93. The highest BCUT2D eigenvalue weighted by atomic mass is 16.7. The van der Waals surface area contributed by atoms with Gasteiger partial charge in [-0.05, 0) is 39.3 Å². The molecule has 4 heteroatoms. The van der Waals surface area contributed by atoms with Crippen molar-refractivity contribution in [2.24, 2.45) is 5.73 Å². The minimum absolute atomic E-state index is 0.187. The summed E-state index contributed by atoms with van der Waals surface area (Å²) in [6.45, 7) is 4.47. The summed E-state index contributed by atoms with van der Waals surface area (Å²) >= 11 is 0. The van der Waals surface area contributed by atoms with Crippen molar-refractivity contribution in [1.29, 1.82) is 0 Å². The summed E-state index contributed by atoms with van der Waals surface area (Å²) in [5, 5.41) is 3.42. The summed E-state index contributed by atoms with van der Waals surface area (Å²) in [5.74, 6) is -0.420. The number of hydrogen-bond acceptors (Lipinski definition) is 4. The molecule has 0 saturated carbocycles. The zero-order valence-corrected chi connectivity index (χ0v) is 8.79. The van der Waals surface area contributed by atoms with Crippen LogP contribution in [0.15, 0.2) is 0 Å². The average Bonchev–Trinajstić information content (AvgIpc) is 2.75. The molecule has 2 saturated heterocycles. The Morgan fingerprint density at radius 2 is 2.43 bits per heavy atom. The quantitative estimate of drug-likeness (QED) is 0.684. The molecule has 0 aromatic heterocycles. The molecule has 0 radical (unpaired) electrons. The minimum atomic E-state index is -0.420. The van der Waals surface area contributed by atoms with Crippen LogP contribution in [0.2, 0.25) is 0 Å². The molecule has 0 aromatic rings. The van der Waals surface area contributed by atoms with Gasteiger partial charge in [-0.3, -0.25) is 0 Å². The highest BCUT2D eigenvalue weighted by Gasteiger charge is 2.44. The van der Waals surface area contributed by atoms with E-state index in [4.69, 9.17) is 15.2 Å². The Morgan fingerprint density at radius 1 is 1.57 bits per heavy atom. The van der Waals surface area contributed by atoms with E-state index >= 15 is 0 Å². The van der Waals surface area contributed by atoms with Gasteiger partial charge in [0.05, 0.1) is 18.8 Å². The molecule has 2 aliphatic heterocycles. The molecule has 2 aliphatic rings. The molecule has 2 rings (SSSR count). The average molecular weight is 200 g/mol. The van der Waals surface area contributed by atoms with Crippen LogP contribution in [-0.2, 0) is 9.47 Å². The van der Waals surface area contributed by atoms with E-state index in [0.717, 1.165) is 19.4 Å². The normalized spacial score (nSPS) is 43.3. The number of ether oxygens (including phenoxy) is 2. The summed E-state index contributed by atoms with van der Waals surface area (Å²) in [7, 11) is 0. The molecule has 4 nitrogen and oxygen atoms in total. The predicted molar refractivity (Wildman–Crippen MR) is 53.9 cm³/mol. The van der Waals surface area contributed by atoms with Crippen LogP contribution in [0.1, 0.15) is 26.2 Å². The molecular weight excluding hydrogens is 180 g/mol. The Labute approximate surface area is 85.1 Å². The Hall–Kier alpha value is -0.160. The summed E-state index contributed by atoms with van der Waals surface area (Å²) in [4.78, 5) is 0. The lowest BCUT2D eigenvalue weighted by Gasteiger charge is -2.29. The van der Waals surface area contributed by atoms with E-state index in [0.29, 0.717) is 19.2 Å². The smallest absolute Gasteiger partial charge is 0.181 e. The van der Waals surface area contributed by atoms with Gasteiger partial charge in [0, 0.05) is 0 Å². The summed E-state index contributed by atoms with van der Waals surface area (Å²) in [6, 6.07) is 0.352. The highest BCUT2D eigenvalue weighted by Crippen LogP contribution is 2.31.